The molecule has 0 aromatic rings. The molecule has 20 heavy (non-hydrogen) atoms. The molecule has 0 saturated carbocycles. The monoisotopic (exact) mass is 291 g/mol. The Kier molecular flexibility index (Phi) is 7.39. The van der Waals surface area contributed by atoms with Gasteiger partial charge in [0.2, 0.25) is 5.91 Å². The highest BCUT2D eigenvalue weighted by Crippen LogP contribution is 2.22. The van der Waals surface area contributed by atoms with E-state index in [4.69, 9.17) is 14.6 Å². The molecule has 1 rings (SSSR count). The molecule has 1 aliphatic rings. The Balaban J connectivity index is 2.65. The standard InChI is InChI=1S/C13H25NO6/c1-3-4-5-6-19-13-10(14-8(2)16)12(18)11(17)9(7-15)20-13/h9-13,15,17-18H,3-7H2,1-2H3,(H,14,16)/t9-,10+,11+,12-,13+/m0/s1. The largest absolute Gasteiger partial charge is 0.394 e. The Morgan fingerprint density at radius 3 is 2.55 bits per heavy atom. The van der Waals surface area contributed by atoms with Gasteiger partial charge in [-0.2, -0.15) is 0 Å². The van der Waals surface area contributed by atoms with Crippen LogP contribution in [0.15, 0.2) is 0 Å². The minimum absolute atomic E-state index is 0.352. The molecule has 1 amide bonds. The van der Waals surface area contributed by atoms with Crippen molar-refractivity contribution in [2.24, 2.45) is 0 Å². The maximum atomic E-state index is 11.2. The summed E-state index contributed by atoms with van der Waals surface area (Å²) in [5.41, 5.74) is 0. The molecule has 1 aliphatic heterocycles. The van der Waals surface area contributed by atoms with Gasteiger partial charge in [0.15, 0.2) is 6.29 Å². The fourth-order valence-corrected chi connectivity index (χ4v) is 2.16. The first-order valence-corrected chi connectivity index (χ1v) is 7.02. The van der Waals surface area contributed by atoms with E-state index in [1.54, 1.807) is 0 Å². The lowest BCUT2D eigenvalue weighted by Crippen LogP contribution is -2.64. The van der Waals surface area contributed by atoms with Crippen LogP contribution in [0.3, 0.4) is 0 Å². The predicted octanol–water partition coefficient (Wildman–Crippen LogP) is -0.863. The van der Waals surface area contributed by atoms with E-state index in [9.17, 15) is 15.0 Å². The van der Waals surface area contributed by atoms with Gasteiger partial charge in [-0.1, -0.05) is 19.8 Å². The zero-order valence-electron chi connectivity index (χ0n) is 12.0. The molecular formula is C13H25NO6. The van der Waals surface area contributed by atoms with E-state index < -0.39 is 37.3 Å². The number of carbonyl (C=O) groups excluding carboxylic acids is 1. The lowest BCUT2D eigenvalue weighted by molar-refractivity contribution is -0.270. The highest BCUT2D eigenvalue weighted by Gasteiger charge is 2.45. The van der Waals surface area contributed by atoms with Gasteiger partial charge in [0.05, 0.1) is 6.61 Å². The lowest BCUT2D eigenvalue weighted by Gasteiger charge is -2.42. The second-order valence-corrected chi connectivity index (χ2v) is 5.01. The third-order valence-corrected chi connectivity index (χ3v) is 3.28. The first-order valence-electron chi connectivity index (χ1n) is 7.02. The number of ether oxygens (including phenoxy) is 2. The van der Waals surface area contributed by atoms with Gasteiger partial charge in [0, 0.05) is 13.5 Å². The number of nitrogens with one attached hydrogen (secondary N) is 1. The van der Waals surface area contributed by atoms with Crippen molar-refractivity contribution < 1.29 is 29.6 Å². The van der Waals surface area contributed by atoms with Crippen molar-refractivity contribution >= 4 is 5.91 Å². The maximum absolute atomic E-state index is 11.2. The summed E-state index contributed by atoms with van der Waals surface area (Å²) in [7, 11) is 0. The number of hydrogen-bond acceptors (Lipinski definition) is 6. The van der Waals surface area contributed by atoms with Crippen LogP contribution in [-0.4, -0.2) is 65.1 Å². The fraction of sp³-hybridized carbons (Fsp3) is 0.923. The lowest BCUT2D eigenvalue weighted by atomic mass is 9.97. The zero-order valence-corrected chi connectivity index (χ0v) is 12.0. The zero-order chi connectivity index (χ0) is 15.1. The van der Waals surface area contributed by atoms with Crippen molar-refractivity contribution in [2.45, 2.75) is 63.8 Å². The Morgan fingerprint density at radius 1 is 1.30 bits per heavy atom. The summed E-state index contributed by atoms with van der Waals surface area (Å²) in [5.74, 6) is -0.352. The Labute approximate surface area is 118 Å². The predicted molar refractivity (Wildman–Crippen MR) is 70.8 cm³/mol. The van der Waals surface area contributed by atoms with E-state index in [0.717, 1.165) is 19.3 Å². The average molecular weight is 291 g/mol. The summed E-state index contributed by atoms with van der Waals surface area (Å²) in [6.45, 7) is 3.37. The average Bonchev–Trinajstić information content (AvgIpc) is 2.41. The normalized spacial score (nSPS) is 34.0. The van der Waals surface area contributed by atoms with Crippen molar-refractivity contribution in [1.29, 1.82) is 0 Å². The third-order valence-electron chi connectivity index (χ3n) is 3.28. The van der Waals surface area contributed by atoms with Crippen molar-refractivity contribution in [1.82, 2.24) is 5.32 Å². The van der Waals surface area contributed by atoms with Crippen LogP contribution in [0.25, 0.3) is 0 Å². The number of hydrogen-bond donors (Lipinski definition) is 4. The summed E-state index contributed by atoms with van der Waals surface area (Å²) in [6, 6.07) is -0.855. The van der Waals surface area contributed by atoms with Crippen LogP contribution in [0.4, 0.5) is 0 Å². The van der Waals surface area contributed by atoms with Gasteiger partial charge in [0.1, 0.15) is 24.4 Å². The summed E-state index contributed by atoms with van der Waals surface area (Å²) in [5, 5.41) is 31.5. The molecular weight excluding hydrogens is 266 g/mol. The van der Waals surface area contributed by atoms with Crippen molar-refractivity contribution in [2.75, 3.05) is 13.2 Å². The summed E-state index contributed by atoms with van der Waals surface area (Å²) in [6.07, 6.45) is -1.44. The van der Waals surface area contributed by atoms with E-state index in [1.807, 2.05) is 0 Å². The Bertz CT molecular complexity index is 301. The Hall–Kier alpha value is -0.730. The highest BCUT2D eigenvalue weighted by atomic mass is 16.7. The number of unbranched alkanes of at least 4 members (excludes halogenated alkanes) is 2. The molecule has 1 saturated heterocycles. The highest BCUT2D eigenvalue weighted by molar-refractivity contribution is 5.73. The van der Waals surface area contributed by atoms with Crippen LogP contribution in [0.2, 0.25) is 0 Å². The smallest absolute Gasteiger partial charge is 0.217 e. The number of aliphatic hydroxyl groups excluding tert-OH is 3. The van der Waals surface area contributed by atoms with Crippen LogP contribution in [0.1, 0.15) is 33.1 Å². The molecule has 0 radical (unpaired) electrons. The van der Waals surface area contributed by atoms with E-state index >= 15 is 0 Å². The quantitative estimate of drug-likeness (QED) is 0.454. The van der Waals surface area contributed by atoms with Gasteiger partial charge >= 0.3 is 0 Å². The molecule has 4 N–H and O–H groups in total. The van der Waals surface area contributed by atoms with Crippen molar-refractivity contribution in [3.63, 3.8) is 0 Å². The minimum Gasteiger partial charge on any atom is -0.394 e. The molecule has 0 aliphatic carbocycles. The minimum atomic E-state index is -1.27. The number of rotatable bonds is 7. The van der Waals surface area contributed by atoms with Gasteiger partial charge in [0.25, 0.3) is 0 Å². The molecule has 0 aromatic heterocycles. The molecule has 0 unspecified atom stereocenters. The third kappa shape index (κ3) is 4.68. The van der Waals surface area contributed by atoms with E-state index in [-0.39, 0.29) is 5.91 Å². The van der Waals surface area contributed by atoms with Gasteiger partial charge in [-0.15, -0.1) is 0 Å². The van der Waals surface area contributed by atoms with Crippen molar-refractivity contribution in [3.8, 4) is 0 Å². The molecule has 0 bridgehead atoms. The van der Waals surface area contributed by atoms with Gasteiger partial charge in [-0.25, -0.2) is 0 Å². The van der Waals surface area contributed by atoms with Crippen LogP contribution in [0, 0.1) is 0 Å². The number of carbonyl (C=O) groups is 1. The van der Waals surface area contributed by atoms with Crippen LogP contribution in [0.5, 0.6) is 0 Å². The number of amides is 1. The molecule has 0 aromatic carbocycles. The molecule has 1 fully saturated rings. The number of aliphatic hydroxyl groups is 3. The fourth-order valence-electron chi connectivity index (χ4n) is 2.16. The molecule has 118 valence electrons. The second-order valence-electron chi connectivity index (χ2n) is 5.01. The molecule has 1 heterocycles. The van der Waals surface area contributed by atoms with Crippen molar-refractivity contribution in [3.05, 3.63) is 0 Å². The molecule has 0 spiro atoms. The van der Waals surface area contributed by atoms with Crippen LogP contribution >= 0.6 is 0 Å². The summed E-state index contributed by atoms with van der Waals surface area (Å²) in [4.78, 5) is 11.2. The van der Waals surface area contributed by atoms with E-state index in [1.165, 1.54) is 6.92 Å². The summed E-state index contributed by atoms with van der Waals surface area (Å²) < 4.78 is 10.9. The van der Waals surface area contributed by atoms with Crippen LogP contribution in [-0.2, 0) is 14.3 Å². The first kappa shape index (κ1) is 17.3. The van der Waals surface area contributed by atoms with Crippen LogP contribution < -0.4 is 5.32 Å². The maximum Gasteiger partial charge on any atom is 0.217 e. The molecule has 7 heteroatoms. The van der Waals surface area contributed by atoms with E-state index in [2.05, 4.69) is 12.2 Å². The summed E-state index contributed by atoms with van der Waals surface area (Å²) >= 11 is 0. The molecule has 7 nitrogen and oxygen atoms in total. The van der Waals surface area contributed by atoms with E-state index in [0.29, 0.717) is 6.61 Å². The van der Waals surface area contributed by atoms with Gasteiger partial charge in [-0.3, -0.25) is 4.79 Å². The molecule has 5 atom stereocenters. The topological polar surface area (TPSA) is 108 Å². The second kappa shape index (κ2) is 8.53. The van der Waals surface area contributed by atoms with Gasteiger partial charge in [-0.05, 0) is 6.42 Å². The van der Waals surface area contributed by atoms with Gasteiger partial charge < -0.3 is 30.1 Å². The first-order chi connectivity index (χ1) is 9.51. The Morgan fingerprint density at radius 2 is 2.00 bits per heavy atom. The SMILES string of the molecule is CCCCCO[C@@H]1O[C@@H](CO)[C@@H](O)[C@@H](O)[C@H]1NC(C)=O.